The molecule has 0 aliphatic carbocycles. The molecule has 0 aliphatic heterocycles. The molecule has 2 aromatic rings. The number of ether oxygens (including phenoxy) is 1. The summed E-state index contributed by atoms with van der Waals surface area (Å²) in [4.78, 5) is 0. The molecule has 3 N–H and O–H groups in total. The summed E-state index contributed by atoms with van der Waals surface area (Å²) in [6.07, 6.45) is 0.572. The maximum Gasteiger partial charge on any atom is 0.133 e. The summed E-state index contributed by atoms with van der Waals surface area (Å²) in [5.41, 5.74) is 7.64. The molecule has 0 amide bonds. The van der Waals surface area contributed by atoms with Gasteiger partial charge in [-0.15, -0.1) is 0 Å². The van der Waals surface area contributed by atoms with Crippen LogP contribution in [-0.4, -0.2) is 11.7 Å². The van der Waals surface area contributed by atoms with Gasteiger partial charge in [0.2, 0.25) is 0 Å². The lowest BCUT2D eigenvalue weighted by molar-refractivity contribution is 0.298. The number of para-hydroxylation sites is 1. The minimum atomic E-state index is 0.0998. The highest BCUT2D eigenvalue weighted by Crippen LogP contribution is 2.30. The SMILES string of the molecule is NCc1ccc(Br)cc1Oc1ccccc1CCO. The molecule has 0 fully saturated rings. The quantitative estimate of drug-likeness (QED) is 0.888. The molecular weight excluding hydrogens is 306 g/mol. The summed E-state index contributed by atoms with van der Waals surface area (Å²) < 4.78 is 6.89. The fraction of sp³-hybridized carbons (Fsp3) is 0.200. The number of rotatable bonds is 5. The van der Waals surface area contributed by atoms with Crippen LogP contribution in [0.1, 0.15) is 11.1 Å². The molecule has 0 spiro atoms. The van der Waals surface area contributed by atoms with Gasteiger partial charge in [0.1, 0.15) is 11.5 Å². The van der Waals surface area contributed by atoms with Crippen molar-refractivity contribution < 1.29 is 9.84 Å². The van der Waals surface area contributed by atoms with Crippen LogP contribution in [0, 0.1) is 0 Å². The third-order valence-electron chi connectivity index (χ3n) is 2.82. The van der Waals surface area contributed by atoms with E-state index in [1.54, 1.807) is 0 Å². The first kappa shape index (κ1) is 14.1. The van der Waals surface area contributed by atoms with Gasteiger partial charge < -0.3 is 15.6 Å². The Morgan fingerprint density at radius 2 is 1.84 bits per heavy atom. The first-order chi connectivity index (χ1) is 9.24. The van der Waals surface area contributed by atoms with E-state index < -0.39 is 0 Å². The zero-order chi connectivity index (χ0) is 13.7. The average molecular weight is 322 g/mol. The Labute approximate surface area is 121 Å². The first-order valence-corrected chi connectivity index (χ1v) is 6.89. The largest absolute Gasteiger partial charge is 0.457 e. The standard InChI is InChI=1S/C15H16BrNO2/c16-13-6-5-12(10-17)15(9-13)19-14-4-2-1-3-11(14)7-8-18/h1-6,9,18H,7-8,10,17H2. The zero-order valence-corrected chi connectivity index (χ0v) is 12.1. The van der Waals surface area contributed by atoms with Crippen LogP contribution in [0.15, 0.2) is 46.9 Å². The molecule has 0 aliphatic rings. The van der Waals surface area contributed by atoms with Crippen LogP contribution in [-0.2, 0) is 13.0 Å². The van der Waals surface area contributed by atoms with Crippen LogP contribution in [0.4, 0.5) is 0 Å². The van der Waals surface area contributed by atoms with E-state index in [4.69, 9.17) is 15.6 Å². The number of aliphatic hydroxyl groups excluding tert-OH is 1. The predicted molar refractivity (Wildman–Crippen MR) is 79.3 cm³/mol. The minimum Gasteiger partial charge on any atom is -0.457 e. The third-order valence-corrected chi connectivity index (χ3v) is 3.32. The van der Waals surface area contributed by atoms with E-state index in [1.165, 1.54) is 0 Å². The van der Waals surface area contributed by atoms with Gasteiger partial charge in [0.05, 0.1) is 0 Å². The van der Waals surface area contributed by atoms with Crippen molar-refractivity contribution in [3.05, 3.63) is 58.1 Å². The van der Waals surface area contributed by atoms with Crippen LogP contribution in [0.25, 0.3) is 0 Å². The van der Waals surface area contributed by atoms with Crippen LogP contribution in [0.5, 0.6) is 11.5 Å². The average Bonchev–Trinajstić information content (AvgIpc) is 2.42. The third kappa shape index (κ3) is 3.56. The lowest BCUT2D eigenvalue weighted by atomic mass is 10.1. The smallest absolute Gasteiger partial charge is 0.133 e. The van der Waals surface area contributed by atoms with Gasteiger partial charge in [0.15, 0.2) is 0 Å². The molecule has 0 radical (unpaired) electrons. The molecule has 0 aromatic heterocycles. The monoisotopic (exact) mass is 321 g/mol. The fourth-order valence-electron chi connectivity index (χ4n) is 1.84. The normalized spacial score (nSPS) is 10.5. The number of aliphatic hydroxyl groups is 1. The first-order valence-electron chi connectivity index (χ1n) is 6.09. The molecule has 2 rings (SSSR count). The molecule has 0 saturated heterocycles. The fourth-order valence-corrected chi connectivity index (χ4v) is 2.18. The maximum atomic E-state index is 9.07. The molecule has 0 bridgehead atoms. The minimum absolute atomic E-state index is 0.0998. The summed E-state index contributed by atoms with van der Waals surface area (Å²) in [7, 11) is 0. The molecule has 0 unspecified atom stereocenters. The molecule has 0 atom stereocenters. The Morgan fingerprint density at radius 3 is 2.58 bits per heavy atom. The Hall–Kier alpha value is -1.36. The molecule has 2 aromatic carbocycles. The Morgan fingerprint density at radius 1 is 1.05 bits per heavy atom. The summed E-state index contributed by atoms with van der Waals surface area (Å²) in [5, 5.41) is 9.07. The summed E-state index contributed by atoms with van der Waals surface area (Å²) in [6.45, 7) is 0.521. The van der Waals surface area contributed by atoms with Crippen LogP contribution < -0.4 is 10.5 Å². The second kappa shape index (κ2) is 6.70. The van der Waals surface area contributed by atoms with Gasteiger partial charge >= 0.3 is 0 Å². The van der Waals surface area contributed by atoms with Crippen molar-refractivity contribution in [1.82, 2.24) is 0 Å². The van der Waals surface area contributed by atoms with Gasteiger partial charge in [-0.1, -0.05) is 40.2 Å². The van der Waals surface area contributed by atoms with Crippen molar-refractivity contribution >= 4 is 15.9 Å². The van der Waals surface area contributed by atoms with Crippen LogP contribution in [0.2, 0.25) is 0 Å². The molecule has 0 saturated carbocycles. The summed E-state index contributed by atoms with van der Waals surface area (Å²) >= 11 is 3.43. The van der Waals surface area contributed by atoms with Crippen molar-refractivity contribution in [1.29, 1.82) is 0 Å². The van der Waals surface area contributed by atoms with E-state index in [0.29, 0.717) is 13.0 Å². The van der Waals surface area contributed by atoms with E-state index in [0.717, 1.165) is 27.1 Å². The number of nitrogens with two attached hydrogens (primary N) is 1. The lowest BCUT2D eigenvalue weighted by Gasteiger charge is -2.13. The number of halogens is 1. The Kier molecular flexibility index (Phi) is 4.96. The molecule has 4 heteroatoms. The maximum absolute atomic E-state index is 9.07. The lowest BCUT2D eigenvalue weighted by Crippen LogP contribution is -2.01. The second-order valence-corrected chi connectivity index (χ2v) is 5.06. The van der Waals surface area contributed by atoms with Crippen molar-refractivity contribution in [2.24, 2.45) is 5.73 Å². The van der Waals surface area contributed by atoms with Crippen LogP contribution >= 0.6 is 15.9 Å². The van der Waals surface area contributed by atoms with Gasteiger partial charge in [0.25, 0.3) is 0 Å². The van der Waals surface area contributed by atoms with Crippen molar-refractivity contribution in [3.63, 3.8) is 0 Å². The summed E-state index contributed by atoms with van der Waals surface area (Å²) in [6, 6.07) is 13.5. The molecule has 0 heterocycles. The van der Waals surface area contributed by atoms with Crippen molar-refractivity contribution in [3.8, 4) is 11.5 Å². The second-order valence-electron chi connectivity index (χ2n) is 4.14. The summed E-state index contributed by atoms with van der Waals surface area (Å²) in [5.74, 6) is 1.49. The van der Waals surface area contributed by atoms with Gasteiger partial charge in [-0.05, 0) is 30.2 Å². The van der Waals surface area contributed by atoms with Crippen molar-refractivity contribution in [2.45, 2.75) is 13.0 Å². The number of benzene rings is 2. The topological polar surface area (TPSA) is 55.5 Å². The molecule has 100 valence electrons. The van der Waals surface area contributed by atoms with E-state index in [1.807, 2.05) is 42.5 Å². The number of hydrogen-bond donors (Lipinski definition) is 2. The molecule has 3 nitrogen and oxygen atoms in total. The van der Waals surface area contributed by atoms with E-state index >= 15 is 0 Å². The van der Waals surface area contributed by atoms with Gasteiger partial charge in [-0.25, -0.2) is 0 Å². The van der Waals surface area contributed by atoms with Gasteiger partial charge in [0, 0.05) is 23.2 Å². The predicted octanol–water partition coefficient (Wildman–Crippen LogP) is 3.23. The van der Waals surface area contributed by atoms with Crippen molar-refractivity contribution in [2.75, 3.05) is 6.61 Å². The number of hydrogen-bond acceptors (Lipinski definition) is 3. The molecule has 19 heavy (non-hydrogen) atoms. The molecular formula is C15H16BrNO2. The highest BCUT2D eigenvalue weighted by molar-refractivity contribution is 9.10. The van der Waals surface area contributed by atoms with Gasteiger partial charge in [-0.3, -0.25) is 0 Å². The van der Waals surface area contributed by atoms with Crippen LogP contribution in [0.3, 0.4) is 0 Å². The Bertz CT molecular complexity index is 558. The zero-order valence-electron chi connectivity index (χ0n) is 10.5. The highest BCUT2D eigenvalue weighted by Gasteiger charge is 2.08. The Balaban J connectivity index is 2.33. The highest BCUT2D eigenvalue weighted by atomic mass is 79.9. The van der Waals surface area contributed by atoms with E-state index in [-0.39, 0.29) is 6.61 Å². The van der Waals surface area contributed by atoms with E-state index in [9.17, 15) is 0 Å². The van der Waals surface area contributed by atoms with Gasteiger partial charge in [-0.2, -0.15) is 0 Å². The van der Waals surface area contributed by atoms with E-state index in [2.05, 4.69) is 15.9 Å².